The van der Waals surface area contributed by atoms with E-state index in [0.717, 1.165) is 44.9 Å². The highest BCUT2D eigenvalue weighted by molar-refractivity contribution is 5.76. The van der Waals surface area contributed by atoms with Crippen molar-refractivity contribution in [3.63, 3.8) is 0 Å². The molecule has 1 amide bonds. The predicted molar refractivity (Wildman–Crippen MR) is 347 cm³/mol. The Kier molecular flexibility index (Phi) is 66.9. The van der Waals surface area contributed by atoms with Crippen LogP contribution in [0.4, 0.5) is 0 Å². The van der Waals surface area contributed by atoms with Gasteiger partial charge in [-0.05, 0) is 83.5 Å². The third kappa shape index (κ3) is 65.1. The quantitative estimate of drug-likeness (QED) is 0.0320. The molecule has 0 rings (SSSR count). The van der Waals surface area contributed by atoms with Gasteiger partial charge in [-0.1, -0.05) is 333 Å². The maximum Gasteiger partial charge on any atom is 0.305 e. The Bertz CT molecular complexity index is 1280. The predicted octanol–water partition coefficient (Wildman–Crippen LogP) is 23.1. The maximum absolute atomic E-state index is 12.5. The zero-order chi connectivity index (χ0) is 57.1. The van der Waals surface area contributed by atoms with E-state index in [9.17, 15) is 19.8 Å². The summed E-state index contributed by atoms with van der Waals surface area (Å²) < 4.78 is 5.50. The minimum Gasteiger partial charge on any atom is -0.466 e. The van der Waals surface area contributed by atoms with E-state index < -0.39 is 12.1 Å². The Morgan fingerprint density at radius 1 is 0.342 bits per heavy atom. The first kappa shape index (κ1) is 77.1. The van der Waals surface area contributed by atoms with Crippen molar-refractivity contribution in [1.29, 1.82) is 0 Å². The van der Waals surface area contributed by atoms with Gasteiger partial charge in [-0.25, -0.2) is 0 Å². The molecule has 0 radical (unpaired) electrons. The van der Waals surface area contributed by atoms with Crippen LogP contribution in [0.3, 0.4) is 0 Å². The number of carbonyl (C=O) groups excluding carboxylic acids is 2. The van der Waals surface area contributed by atoms with Gasteiger partial charge >= 0.3 is 5.97 Å². The molecule has 0 fully saturated rings. The van der Waals surface area contributed by atoms with Crippen LogP contribution in [0, 0.1) is 0 Å². The van der Waals surface area contributed by atoms with E-state index in [1.54, 1.807) is 6.08 Å². The summed E-state index contributed by atoms with van der Waals surface area (Å²) in [6, 6.07) is -0.627. The first-order valence-corrected chi connectivity index (χ1v) is 35.8. The molecule has 6 nitrogen and oxygen atoms in total. The third-order valence-electron chi connectivity index (χ3n) is 16.6. The largest absolute Gasteiger partial charge is 0.466 e. The van der Waals surface area contributed by atoms with E-state index in [1.165, 1.54) is 321 Å². The zero-order valence-electron chi connectivity index (χ0n) is 53.4. The Balaban J connectivity index is 3.37. The second kappa shape index (κ2) is 68.6. The summed E-state index contributed by atoms with van der Waals surface area (Å²) in [5.74, 6) is -0.0514. The topological polar surface area (TPSA) is 95.9 Å². The molecule has 2 atom stereocenters. The number of nitrogens with one attached hydrogen (secondary N) is 1. The van der Waals surface area contributed by atoms with Gasteiger partial charge in [0.1, 0.15) is 0 Å². The van der Waals surface area contributed by atoms with Crippen molar-refractivity contribution in [1.82, 2.24) is 5.32 Å². The molecule has 0 aromatic carbocycles. The molecule has 0 aliphatic heterocycles. The SMILES string of the molecule is CCCCCCCCC/C=C\CCCCCCCCCC(=O)OCCCCCCCCCCCCCC/C=C\CCCCCCCCCCCCCCCC(=O)NC(CO)C(O)/C=C/CCCCCCCCCCCCCCC. The molecule has 0 saturated carbocycles. The van der Waals surface area contributed by atoms with Gasteiger partial charge in [0.2, 0.25) is 5.91 Å². The van der Waals surface area contributed by atoms with Crippen LogP contribution in [0.15, 0.2) is 36.5 Å². The number of hydrogen-bond donors (Lipinski definition) is 3. The number of amides is 1. The molecule has 3 N–H and O–H groups in total. The van der Waals surface area contributed by atoms with Gasteiger partial charge in [-0.15, -0.1) is 0 Å². The van der Waals surface area contributed by atoms with Crippen LogP contribution in [0.5, 0.6) is 0 Å². The second-order valence-corrected chi connectivity index (χ2v) is 24.6. The Hall–Kier alpha value is -1.92. The van der Waals surface area contributed by atoms with Crippen molar-refractivity contribution in [3.8, 4) is 0 Å². The van der Waals surface area contributed by atoms with Gasteiger partial charge < -0.3 is 20.3 Å². The summed E-state index contributed by atoms with van der Waals surface area (Å²) in [6.45, 7) is 4.93. The number of aliphatic hydroxyl groups excluding tert-OH is 2. The smallest absolute Gasteiger partial charge is 0.305 e. The fraction of sp³-hybridized carbons (Fsp3) is 0.890. The molecular weight excluding hydrogens is 971 g/mol. The summed E-state index contributed by atoms with van der Waals surface area (Å²) in [5.41, 5.74) is 0. The number of esters is 1. The number of hydrogen-bond acceptors (Lipinski definition) is 5. The molecule has 0 bridgehead atoms. The van der Waals surface area contributed by atoms with Crippen LogP contribution in [-0.4, -0.2) is 47.4 Å². The lowest BCUT2D eigenvalue weighted by molar-refractivity contribution is -0.143. The fourth-order valence-corrected chi connectivity index (χ4v) is 11.2. The lowest BCUT2D eigenvalue weighted by Gasteiger charge is -2.20. The number of ether oxygens (including phenoxy) is 1. The Morgan fingerprint density at radius 3 is 0.899 bits per heavy atom. The van der Waals surface area contributed by atoms with Gasteiger partial charge in [0.25, 0.3) is 0 Å². The van der Waals surface area contributed by atoms with Crippen molar-refractivity contribution in [3.05, 3.63) is 36.5 Å². The van der Waals surface area contributed by atoms with Crippen molar-refractivity contribution < 1.29 is 24.5 Å². The van der Waals surface area contributed by atoms with E-state index in [-0.39, 0.29) is 18.5 Å². The normalized spacial score (nSPS) is 12.7. The van der Waals surface area contributed by atoms with Crippen LogP contribution in [0.25, 0.3) is 0 Å². The lowest BCUT2D eigenvalue weighted by atomic mass is 10.0. The van der Waals surface area contributed by atoms with Crippen LogP contribution in [0.1, 0.15) is 393 Å². The lowest BCUT2D eigenvalue weighted by Crippen LogP contribution is -2.45. The highest BCUT2D eigenvalue weighted by atomic mass is 16.5. The first-order valence-electron chi connectivity index (χ1n) is 35.8. The molecule has 0 aliphatic rings. The second-order valence-electron chi connectivity index (χ2n) is 24.6. The molecule has 0 saturated heterocycles. The average molecular weight is 1110 g/mol. The summed E-state index contributed by atoms with van der Waals surface area (Å²) in [6.07, 6.45) is 88.0. The highest BCUT2D eigenvalue weighted by Gasteiger charge is 2.18. The standard InChI is InChI=1S/C73H139NO5/c1-3-5-7-9-11-13-15-17-19-20-35-39-43-47-51-55-59-63-67-73(78)79-68-64-60-56-52-48-44-40-36-33-31-29-27-25-23-21-22-24-26-28-30-32-34-38-42-46-50-54-58-62-66-72(77)74-70(69-75)71(76)65-61-57-53-49-45-41-37-18-16-14-12-10-8-6-4-2/h19-21,23,61,65,70-71,75-76H,3-18,22,24-60,62-64,66-69H2,1-2H3,(H,74,77)/b20-19-,23-21-,65-61+. The number of aliphatic hydroxyl groups is 2. The van der Waals surface area contributed by atoms with E-state index in [2.05, 4.69) is 43.5 Å². The Morgan fingerprint density at radius 2 is 0.595 bits per heavy atom. The summed E-state index contributed by atoms with van der Waals surface area (Å²) in [5, 5.41) is 23.2. The number of unbranched alkanes of at least 4 members (excludes halogenated alkanes) is 52. The molecule has 0 aliphatic carbocycles. The van der Waals surface area contributed by atoms with E-state index in [4.69, 9.17) is 4.74 Å². The molecule has 0 heterocycles. The van der Waals surface area contributed by atoms with Gasteiger partial charge in [0.15, 0.2) is 0 Å². The average Bonchev–Trinajstić information content (AvgIpc) is 3.45. The van der Waals surface area contributed by atoms with Gasteiger partial charge in [0.05, 0.1) is 25.4 Å². The van der Waals surface area contributed by atoms with E-state index in [0.29, 0.717) is 19.4 Å². The summed E-state index contributed by atoms with van der Waals surface area (Å²) in [7, 11) is 0. The van der Waals surface area contributed by atoms with Crippen molar-refractivity contribution in [2.45, 2.75) is 405 Å². The monoisotopic (exact) mass is 1110 g/mol. The minimum atomic E-state index is -0.844. The Labute approximate surface area is 494 Å². The van der Waals surface area contributed by atoms with Crippen molar-refractivity contribution >= 4 is 11.9 Å². The highest BCUT2D eigenvalue weighted by Crippen LogP contribution is 2.18. The molecule has 0 aromatic rings. The molecule has 0 aromatic heterocycles. The van der Waals surface area contributed by atoms with Crippen molar-refractivity contribution in [2.75, 3.05) is 13.2 Å². The number of rotatable bonds is 67. The first-order chi connectivity index (χ1) is 39.0. The van der Waals surface area contributed by atoms with Crippen molar-refractivity contribution in [2.24, 2.45) is 0 Å². The molecule has 79 heavy (non-hydrogen) atoms. The summed E-state index contributed by atoms with van der Waals surface area (Å²) in [4.78, 5) is 24.6. The van der Waals surface area contributed by atoms with Gasteiger partial charge in [-0.2, -0.15) is 0 Å². The zero-order valence-corrected chi connectivity index (χ0v) is 53.4. The van der Waals surface area contributed by atoms with E-state index in [1.807, 2.05) is 6.08 Å². The molecule has 466 valence electrons. The van der Waals surface area contributed by atoms with Gasteiger partial charge in [0, 0.05) is 12.8 Å². The molecule has 2 unspecified atom stereocenters. The van der Waals surface area contributed by atoms with Gasteiger partial charge in [-0.3, -0.25) is 9.59 Å². The number of allylic oxidation sites excluding steroid dienone is 5. The van der Waals surface area contributed by atoms with Crippen LogP contribution >= 0.6 is 0 Å². The van der Waals surface area contributed by atoms with Crippen LogP contribution < -0.4 is 5.32 Å². The summed E-state index contributed by atoms with van der Waals surface area (Å²) >= 11 is 0. The van der Waals surface area contributed by atoms with E-state index >= 15 is 0 Å². The third-order valence-corrected chi connectivity index (χ3v) is 16.6. The fourth-order valence-electron chi connectivity index (χ4n) is 11.2. The molecule has 6 heteroatoms. The molecular formula is C73H139NO5. The molecule has 0 spiro atoms. The maximum atomic E-state index is 12.5. The minimum absolute atomic E-state index is 0.0137. The van der Waals surface area contributed by atoms with Crippen LogP contribution in [-0.2, 0) is 14.3 Å². The number of carbonyl (C=O) groups is 2. The van der Waals surface area contributed by atoms with Crippen LogP contribution in [0.2, 0.25) is 0 Å².